The number of rotatable bonds is 7. The van der Waals surface area contributed by atoms with E-state index in [1.54, 1.807) is 0 Å². The van der Waals surface area contributed by atoms with E-state index in [2.05, 4.69) is 33.0 Å². The van der Waals surface area contributed by atoms with Crippen molar-refractivity contribution < 1.29 is 9.53 Å². The average Bonchev–Trinajstić information content (AvgIpc) is 2.84. The van der Waals surface area contributed by atoms with Gasteiger partial charge in [-0.15, -0.1) is 0 Å². The molecule has 1 rings (SSSR count). The van der Waals surface area contributed by atoms with Gasteiger partial charge in [0, 0.05) is 24.7 Å². The van der Waals surface area contributed by atoms with E-state index < -0.39 is 5.60 Å². The van der Waals surface area contributed by atoms with Crippen LogP contribution < -0.4 is 5.32 Å². The summed E-state index contributed by atoms with van der Waals surface area (Å²) in [5.74, 6) is 0.759. The van der Waals surface area contributed by atoms with E-state index in [0.717, 1.165) is 31.7 Å². The number of likely N-dealkylation sites (tertiary alicyclic amines) is 1. The van der Waals surface area contributed by atoms with Crippen LogP contribution in [-0.2, 0) is 4.74 Å². The summed E-state index contributed by atoms with van der Waals surface area (Å²) in [5, 5.41) is 3.70. The van der Waals surface area contributed by atoms with Crippen LogP contribution >= 0.6 is 0 Å². The van der Waals surface area contributed by atoms with E-state index >= 15 is 0 Å². The predicted octanol–water partition coefficient (Wildman–Crippen LogP) is 4.58. The van der Waals surface area contributed by atoms with Crippen molar-refractivity contribution in [3.63, 3.8) is 0 Å². The van der Waals surface area contributed by atoms with Gasteiger partial charge in [0.05, 0.1) is 0 Å². The van der Waals surface area contributed by atoms with Crippen molar-refractivity contribution in [1.82, 2.24) is 10.2 Å². The molecule has 4 unspecified atom stereocenters. The first-order valence-corrected chi connectivity index (χ1v) is 9.38. The van der Waals surface area contributed by atoms with Gasteiger partial charge in [-0.1, -0.05) is 20.3 Å². The van der Waals surface area contributed by atoms with Crippen molar-refractivity contribution in [3.05, 3.63) is 0 Å². The Balaban J connectivity index is 2.46. The Morgan fingerprint density at radius 1 is 1.26 bits per heavy atom. The highest BCUT2D eigenvalue weighted by Gasteiger charge is 2.33. The van der Waals surface area contributed by atoms with Gasteiger partial charge in [0.15, 0.2) is 0 Å². The maximum absolute atomic E-state index is 12.3. The molecule has 136 valence electrons. The van der Waals surface area contributed by atoms with Gasteiger partial charge in [0.1, 0.15) is 5.60 Å². The van der Waals surface area contributed by atoms with Crippen LogP contribution in [0.4, 0.5) is 4.79 Å². The highest BCUT2D eigenvalue weighted by atomic mass is 16.6. The van der Waals surface area contributed by atoms with Gasteiger partial charge in [0.2, 0.25) is 0 Å². The molecule has 1 amide bonds. The lowest BCUT2D eigenvalue weighted by Gasteiger charge is -2.31. The van der Waals surface area contributed by atoms with Gasteiger partial charge in [-0.25, -0.2) is 4.79 Å². The molecule has 1 fully saturated rings. The molecular formula is C19H38N2O2. The fraction of sp³-hybridized carbons (Fsp3) is 0.947. The normalized spacial score (nSPS) is 22.7. The summed E-state index contributed by atoms with van der Waals surface area (Å²) in [5.41, 5.74) is -0.418. The zero-order valence-corrected chi connectivity index (χ0v) is 16.3. The summed E-state index contributed by atoms with van der Waals surface area (Å²) in [6.07, 6.45) is 5.46. The molecule has 1 aliphatic heterocycles. The highest BCUT2D eigenvalue weighted by Crippen LogP contribution is 2.24. The van der Waals surface area contributed by atoms with E-state index in [4.69, 9.17) is 4.74 Å². The summed E-state index contributed by atoms with van der Waals surface area (Å²) in [6, 6.07) is 1.25. The van der Waals surface area contributed by atoms with E-state index in [0.29, 0.717) is 18.1 Å². The van der Waals surface area contributed by atoms with E-state index in [1.807, 2.05) is 25.7 Å². The fourth-order valence-electron chi connectivity index (χ4n) is 3.44. The van der Waals surface area contributed by atoms with Crippen LogP contribution in [0.15, 0.2) is 0 Å². The molecule has 23 heavy (non-hydrogen) atoms. The first-order valence-electron chi connectivity index (χ1n) is 9.38. The number of amides is 1. The van der Waals surface area contributed by atoms with E-state index in [1.165, 1.54) is 12.8 Å². The molecule has 0 bridgehead atoms. The van der Waals surface area contributed by atoms with Crippen molar-refractivity contribution in [3.8, 4) is 0 Å². The van der Waals surface area contributed by atoms with Crippen molar-refractivity contribution >= 4 is 6.09 Å². The largest absolute Gasteiger partial charge is 0.444 e. The Kier molecular flexibility index (Phi) is 7.85. The number of nitrogens with one attached hydrogen (secondary N) is 1. The Hall–Kier alpha value is -0.770. The third-order valence-corrected chi connectivity index (χ3v) is 4.65. The van der Waals surface area contributed by atoms with Crippen LogP contribution in [0.5, 0.6) is 0 Å². The molecule has 1 heterocycles. The molecule has 0 aliphatic carbocycles. The Bertz CT molecular complexity index is 365. The summed E-state index contributed by atoms with van der Waals surface area (Å²) < 4.78 is 5.55. The quantitative estimate of drug-likeness (QED) is 0.744. The SMILES string of the molecule is CCC(C)CC(C)NC(C)CC1CCCN1C(=O)OC(C)(C)C. The van der Waals surface area contributed by atoms with Gasteiger partial charge in [-0.2, -0.15) is 0 Å². The van der Waals surface area contributed by atoms with Gasteiger partial charge >= 0.3 is 6.09 Å². The first-order chi connectivity index (χ1) is 10.6. The second-order valence-corrected chi connectivity index (χ2v) is 8.42. The lowest BCUT2D eigenvalue weighted by atomic mass is 9.99. The van der Waals surface area contributed by atoms with Crippen LogP contribution in [-0.4, -0.2) is 41.3 Å². The van der Waals surface area contributed by atoms with Crippen LogP contribution in [0.3, 0.4) is 0 Å². The smallest absolute Gasteiger partial charge is 0.410 e. The lowest BCUT2D eigenvalue weighted by molar-refractivity contribution is 0.0214. The molecular weight excluding hydrogens is 288 g/mol. The molecule has 1 saturated heterocycles. The minimum atomic E-state index is -0.418. The molecule has 0 aromatic carbocycles. The minimum absolute atomic E-state index is 0.153. The second kappa shape index (κ2) is 8.91. The summed E-state index contributed by atoms with van der Waals surface area (Å²) in [6.45, 7) is 15.7. The molecule has 4 heteroatoms. The maximum Gasteiger partial charge on any atom is 0.410 e. The van der Waals surface area contributed by atoms with Gasteiger partial charge in [0.25, 0.3) is 0 Å². The highest BCUT2D eigenvalue weighted by molar-refractivity contribution is 5.68. The van der Waals surface area contributed by atoms with Crippen molar-refractivity contribution in [2.75, 3.05) is 6.54 Å². The monoisotopic (exact) mass is 326 g/mol. The third-order valence-electron chi connectivity index (χ3n) is 4.65. The molecule has 1 aliphatic rings. The number of hydrogen-bond acceptors (Lipinski definition) is 3. The lowest BCUT2D eigenvalue weighted by Crippen LogP contribution is -2.44. The fourth-order valence-corrected chi connectivity index (χ4v) is 3.44. The van der Waals surface area contributed by atoms with Crippen molar-refractivity contribution in [1.29, 1.82) is 0 Å². The number of ether oxygens (including phenoxy) is 1. The van der Waals surface area contributed by atoms with Crippen LogP contribution in [0, 0.1) is 5.92 Å². The maximum atomic E-state index is 12.3. The number of hydrogen-bond donors (Lipinski definition) is 1. The van der Waals surface area contributed by atoms with Gasteiger partial charge in [-0.05, 0) is 66.2 Å². The minimum Gasteiger partial charge on any atom is -0.444 e. The summed E-state index contributed by atoms with van der Waals surface area (Å²) >= 11 is 0. The average molecular weight is 327 g/mol. The van der Waals surface area contributed by atoms with Crippen molar-refractivity contribution in [2.24, 2.45) is 5.92 Å². The van der Waals surface area contributed by atoms with Gasteiger partial charge in [-0.3, -0.25) is 0 Å². The van der Waals surface area contributed by atoms with E-state index in [-0.39, 0.29) is 6.09 Å². The topological polar surface area (TPSA) is 41.6 Å². The standard InChI is InChI=1S/C19H38N2O2/c1-8-14(2)12-15(3)20-16(4)13-17-10-9-11-21(17)18(22)23-19(5,6)7/h14-17,20H,8-13H2,1-7H3. The zero-order valence-electron chi connectivity index (χ0n) is 16.3. The number of carbonyl (C=O) groups excluding carboxylic acids is 1. The Labute approximate surface area is 143 Å². The predicted molar refractivity (Wildman–Crippen MR) is 96.7 cm³/mol. The molecule has 0 saturated carbocycles. The number of nitrogens with zero attached hydrogens (tertiary/aromatic N) is 1. The van der Waals surface area contributed by atoms with Crippen molar-refractivity contribution in [2.45, 2.75) is 104 Å². The van der Waals surface area contributed by atoms with E-state index in [9.17, 15) is 4.79 Å². The summed E-state index contributed by atoms with van der Waals surface area (Å²) in [4.78, 5) is 14.3. The molecule has 1 N–H and O–H groups in total. The van der Waals surface area contributed by atoms with Crippen LogP contribution in [0.25, 0.3) is 0 Å². The Morgan fingerprint density at radius 2 is 1.91 bits per heavy atom. The van der Waals surface area contributed by atoms with Crippen LogP contribution in [0.1, 0.15) is 80.6 Å². The molecule has 0 aromatic heterocycles. The molecule has 0 aromatic rings. The Morgan fingerprint density at radius 3 is 2.48 bits per heavy atom. The summed E-state index contributed by atoms with van der Waals surface area (Å²) in [7, 11) is 0. The number of carbonyl (C=O) groups is 1. The van der Waals surface area contributed by atoms with Crippen LogP contribution in [0.2, 0.25) is 0 Å². The molecule has 4 nitrogen and oxygen atoms in total. The third kappa shape index (κ3) is 7.56. The molecule has 0 radical (unpaired) electrons. The first kappa shape index (κ1) is 20.3. The molecule has 4 atom stereocenters. The zero-order chi connectivity index (χ0) is 17.6. The second-order valence-electron chi connectivity index (χ2n) is 8.42. The molecule has 0 spiro atoms. The van der Waals surface area contributed by atoms with Gasteiger partial charge < -0.3 is 15.0 Å².